The third-order valence-electron chi connectivity index (χ3n) is 1.58. The van der Waals surface area contributed by atoms with Gasteiger partial charge in [0.1, 0.15) is 0 Å². The number of hydrogen-bond donors (Lipinski definition) is 1. The van der Waals surface area contributed by atoms with Crippen LogP contribution >= 0.6 is 0 Å². The Morgan fingerprint density at radius 3 is 2.54 bits per heavy atom. The molecule has 13 heavy (non-hydrogen) atoms. The van der Waals surface area contributed by atoms with Crippen LogP contribution in [0, 0.1) is 5.53 Å². The molecule has 0 radical (unpaired) electrons. The minimum absolute atomic E-state index is 0.458. The minimum atomic E-state index is 0.458. The largest absolute Gasteiger partial charge is 0.183 e. The highest BCUT2D eigenvalue weighted by molar-refractivity contribution is 5.47. The Hall–Kier alpha value is -1.84. The van der Waals surface area contributed by atoms with E-state index in [1.54, 1.807) is 6.08 Å². The molecule has 0 saturated heterocycles. The van der Waals surface area contributed by atoms with Crippen molar-refractivity contribution in [3.63, 3.8) is 0 Å². The molecule has 0 atom stereocenters. The zero-order chi connectivity index (χ0) is 9.52. The maximum absolute atomic E-state index is 6.38. The van der Waals surface area contributed by atoms with Gasteiger partial charge in [0.25, 0.3) is 0 Å². The van der Waals surface area contributed by atoms with Gasteiger partial charge in [0, 0.05) is 0 Å². The van der Waals surface area contributed by atoms with Crippen LogP contribution in [0.25, 0.3) is 6.08 Å². The number of nitrogens with zero attached hydrogens (tertiary/aromatic N) is 3. The molecule has 0 heterocycles. The van der Waals surface area contributed by atoms with E-state index in [1.807, 2.05) is 24.3 Å². The third kappa shape index (κ3) is 2.94. The van der Waals surface area contributed by atoms with Gasteiger partial charge in [-0.3, -0.25) is 0 Å². The Morgan fingerprint density at radius 2 is 2.00 bits per heavy atom. The van der Waals surface area contributed by atoms with E-state index in [0.717, 1.165) is 11.1 Å². The molecule has 0 saturated carbocycles. The van der Waals surface area contributed by atoms with Crippen LogP contribution in [0.3, 0.4) is 0 Å². The predicted octanol–water partition coefficient (Wildman–Crippen LogP) is 3.23. The quantitative estimate of drug-likeness (QED) is 0.538. The Morgan fingerprint density at radius 1 is 1.31 bits per heavy atom. The maximum atomic E-state index is 6.38. The van der Waals surface area contributed by atoms with Crippen molar-refractivity contribution in [3.05, 3.63) is 42.0 Å². The smallest absolute Gasteiger partial charge is 0.0872 e. The molecular formula is C9H10N4. The lowest BCUT2D eigenvalue weighted by Crippen LogP contribution is -1.79. The molecule has 4 nitrogen and oxygen atoms in total. The van der Waals surface area contributed by atoms with Crippen molar-refractivity contribution >= 4 is 6.08 Å². The molecule has 0 unspecified atom stereocenters. The second-order valence-electron chi connectivity index (χ2n) is 2.43. The summed E-state index contributed by atoms with van der Waals surface area (Å²) < 4.78 is 0. The molecule has 0 fully saturated rings. The molecule has 1 aromatic rings. The average Bonchev–Trinajstić information content (AvgIpc) is 2.19. The molecular weight excluding hydrogens is 164 g/mol. The van der Waals surface area contributed by atoms with Crippen LogP contribution in [0.4, 0.5) is 0 Å². The monoisotopic (exact) mass is 174 g/mol. The van der Waals surface area contributed by atoms with E-state index in [4.69, 9.17) is 5.53 Å². The summed E-state index contributed by atoms with van der Waals surface area (Å²) >= 11 is 0. The van der Waals surface area contributed by atoms with Gasteiger partial charge in [0.2, 0.25) is 0 Å². The lowest BCUT2D eigenvalue weighted by Gasteiger charge is -1.95. The highest BCUT2D eigenvalue weighted by Crippen LogP contribution is 2.06. The van der Waals surface area contributed by atoms with Crippen LogP contribution in [0.5, 0.6) is 0 Å². The Bertz CT molecular complexity index is 313. The molecule has 0 aromatic heterocycles. The van der Waals surface area contributed by atoms with E-state index in [1.165, 1.54) is 0 Å². The summed E-state index contributed by atoms with van der Waals surface area (Å²) in [5.74, 6) is 0. The molecule has 0 spiro atoms. The fourth-order valence-corrected chi connectivity index (χ4v) is 0.904. The van der Waals surface area contributed by atoms with Gasteiger partial charge in [0.05, 0.1) is 6.54 Å². The van der Waals surface area contributed by atoms with Gasteiger partial charge in [-0.25, -0.2) is 0 Å². The summed E-state index contributed by atoms with van der Waals surface area (Å²) in [6.45, 7) is 4.11. The van der Waals surface area contributed by atoms with Gasteiger partial charge in [-0.2, -0.15) is 10.6 Å². The highest BCUT2D eigenvalue weighted by atomic mass is 15.4. The molecule has 4 heteroatoms. The lowest BCUT2D eigenvalue weighted by atomic mass is 10.1. The van der Waals surface area contributed by atoms with Crippen molar-refractivity contribution in [1.82, 2.24) is 0 Å². The Labute approximate surface area is 76.5 Å². The Balaban J connectivity index is 2.63. The number of benzene rings is 1. The van der Waals surface area contributed by atoms with Crippen LogP contribution in [0.1, 0.15) is 11.1 Å². The van der Waals surface area contributed by atoms with Gasteiger partial charge in [-0.1, -0.05) is 36.9 Å². The van der Waals surface area contributed by atoms with Crippen molar-refractivity contribution in [1.29, 1.82) is 5.53 Å². The van der Waals surface area contributed by atoms with Crippen LogP contribution in [0.15, 0.2) is 46.4 Å². The first kappa shape index (κ1) is 9.25. The van der Waals surface area contributed by atoms with Gasteiger partial charge in [0.15, 0.2) is 0 Å². The molecule has 66 valence electrons. The molecule has 0 aliphatic rings. The Kier molecular flexibility index (Phi) is 3.50. The second-order valence-corrected chi connectivity index (χ2v) is 2.43. The third-order valence-corrected chi connectivity index (χ3v) is 1.58. The first-order valence-corrected chi connectivity index (χ1v) is 3.81. The molecule has 1 rings (SSSR count). The van der Waals surface area contributed by atoms with Crippen LogP contribution < -0.4 is 0 Å². The zero-order valence-corrected chi connectivity index (χ0v) is 7.14. The molecule has 0 bridgehead atoms. The van der Waals surface area contributed by atoms with Gasteiger partial charge >= 0.3 is 0 Å². The minimum Gasteiger partial charge on any atom is -0.183 e. The number of hydrogen-bond acceptors (Lipinski definition) is 2. The summed E-state index contributed by atoms with van der Waals surface area (Å²) in [4.78, 5) is 0. The molecule has 0 aliphatic heterocycles. The molecule has 1 N–H and O–H groups in total. The van der Waals surface area contributed by atoms with Crippen molar-refractivity contribution in [2.45, 2.75) is 6.54 Å². The van der Waals surface area contributed by atoms with E-state index < -0.39 is 0 Å². The van der Waals surface area contributed by atoms with Crippen LogP contribution in [0.2, 0.25) is 0 Å². The molecule has 1 aromatic carbocycles. The second kappa shape index (κ2) is 4.92. The van der Waals surface area contributed by atoms with Crippen LogP contribution in [-0.2, 0) is 6.54 Å². The standard InChI is InChI=1S/C9H10N4/c1-2-8-3-5-9(6-4-8)7-11-13-12-10/h2-6,10H,1,7H2. The first-order chi connectivity index (χ1) is 6.36. The van der Waals surface area contributed by atoms with Gasteiger partial charge in [-0.05, 0) is 21.6 Å². The predicted molar refractivity (Wildman–Crippen MR) is 50.2 cm³/mol. The first-order valence-electron chi connectivity index (χ1n) is 3.81. The fraction of sp³-hybridized carbons (Fsp3) is 0.111. The topological polar surface area (TPSA) is 60.9 Å². The number of nitrogens with one attached hydrogen (secondary N) is 1. The highest BCUT2D eigenvalue weighted by Gasteiger charge is 1.89. The zero-order valence-electron chi connectivity index (χ0n) is 7.14. The van der Waals surface area contributed by atoms with E-state index in [2.05, 4.69) is 22.1 Å². The van der Waals surface area contributed by atoms with E-state index in [0.29, 0.717) is 6.54 Å². The molecule has 0 amide bonds. The molecule has 0 aliphatic carbocycles. The van der Waals surface area contributed by atoms with Gasteiger partial charge in [-0.15, -0.1) is 0 Å². The maximum Gasteiger partial charge on any atom is 0.0872 e. The lowest BCUT2D eigenvalue weighted by molar-refractivity contribution is 0.827. The van der Waals surface area contributed by atoms with Crippen molar-refractivity contribution in [2.24, 2.45) is 15.6 Å². The van der Waals surface area contributed by atoms with E-state index in [9.17, 15) is 0 Å². The normalized spacial score (nSPS) is 10.2. The summed E-state index contributed by atoms with van der Waals surface area (Å²) in [6, 6.07) is 7.80. The van der Waals surface area contributed by atoms with Gasteiger partial charge < -0.3 is 0 Å². The van der Waals surface area contributed by atoms with Crippen molar-refractivity contribution in [2.75, 3.05) is 0 Å². The van der Waals surface area contributed by atoms with Crippen molar-refractivity contribution in [3.8, 4) is 0 Å². The van der Waals surface area contributed by atoms with Crippen molar-refractivity contribution < 1.29 is 0 Å². The summed E-state index contributed by atoms with van der Waals surface area (Å²) in [5, 5.41) is 9.64. The summed E-state index contributed by atoms with van der Waals surface area (Å²) in [5.41, 5.74) is 8.50. The fourth-order valence-electron chi connectivity index (χ4n) is 0.904. The summed E-state index contributed by atoms with van der Waals surface area (Å²) in [7, 11) is 0. The van der Waals surface area contributed by atoms with E-state index in [-0.39, 0.29) is 0 Å². The van der Waals surface area contributed by atoms with E-state index >= 15 is 0 Å². The summed E-state index contributed by atoms with van der Waals surface area (Å²) in [6.07, 6.45) is 1.78. The SMILES string of the molecule is C=Cc1ccc(CN=NN=N)cc1. The average molecular weight is 174 g/mol. The van der Waals surface area contributed by atoms with Crippen LogP contribution in [-0.4, -0.2) is 0 Å². The number of rotatable bonds is 4.